The van der Waals surface area contributed by atoms with Gasteiger partial charge in [0.15, 0.2) is 0 Å². The second kappa shape index (κ2) is 11.9. The fourth-order valence-electron chi connectivity index (χ4n) is 2.59. The summed E-state index contributed by atoms with van der Waals surface area (Å²) in [5, 5.41) is 0. The lowest BCUT2D eigenvalue weighted by atomic mass is 10.2. The van der Waals surface area contributed by atoms with Crippen LogP contribution in [0.1, 0.15) is 54.7 Å². The molecule has 152 valence electrons. The molecule has 0 unspecified atom stereocenters. The van der Waals surface area contributed by atoms with E-state index in [1.165, 1.54) is 29.0 Å². The number of aromatic amines is 2. The largest absolute Gasteiger partial charge is 0.467 e. The molecule has 4 heteroatoms. The predicted molar refractivity (Wildman–Crippen MR) is 119 cm³/mol. The van der Waals surface area contributed by atoms with Crippen LogP contribution in [0.3, 0.4) is 0 Å². The summed E-state index contributed by atoms with van der Waals surface area (Å²) in [7, 11) is 0. The number of hydrogen-bond donors (Lipinski definition) is 2. The molecule has 3 aromatic heterocycles. The van der Waals surface area contributed by atoms with Crippen molar-refractivity contribution in [1.82, 2.24) is 15.0 Å². The quantitative estimate of drug-likeness (QED) is 0.448. The van der Waals surface area contributed by atoms with Crippen LogP contribution in [0.25, 0.3) is 0 Å². The molecule has 28 heavy (non-hydrogen) atoms. The van der Waals surface area contributed by atoms with Crippen LogP contribution in [-0.4, -0.2) is 15.0 Å². The van der Waals surface area contributed by atoms with Crippen LogP contribution in [0.5, 0.6) is 0 Å². The first-order chi connectivity index (χ1) is 13.2. The molecule has 0 radical (unpaired) electrons. The normalized spacial score (nSPS) is 11.9. The topological polar surface area (TPSA) is 57.6 Å². The fraction of sp³-hybridized carbons (Fsp3) is 0.375. The van der Waals surface area contributed by atoms with Crippen molar-refractivity contribution in [2.24, 2.45) is 0 Å². The second-order valence-electron chi connectivity index (χ2n) is 7.34. The summed E-state index contributed by atoms with van der Waals surface area (Å²) in [4.78, 5) is 10.1. The summed E-state index contributed by atoms with van der Waals surface area (Å²) in [5.74, 6) is 2.95. The summed E-state index contributed by atoms with van der Waals surface area (Å²) >= 11 is 0. The highest BCUT2D eigenvalue weighted by molar-refractivity contribution is 5.27. The minimum Gasteiger partial charge on any atom is -0.467 e. The van der Waals surface area contributed by atoms with Gasteiger partial charge >= 0.3 is 0 Å². The standard InChI is InChI=1S/C7H10.C6H9N.C6H8O.C5H8N2/c1-6-3-4-7(2)5-6;2*1-5-3-4-6(2)7-5;1-4-3-6-5(2)7-4/h3-4H,5H2,1-2H3;3-4,7H,1-2H3;3-4H,1-2H3;3H,1-2H3,(H,6,7). The molecule has 0 spiro atoms. The Bertz CT molecular complexity index is 734. The molecule has 3 heterocycles. The Labute approximate surface area is 169 Å². The SMILES string of the molecule is CC1=CC=C(C)C1.Cc1ccc(C)[nH]1.Cc1ccc(C)o1.Cc1cnc(C)[nH]1. The number of furan rings is 1. The number of nitrogens with one attached hydrogen (secondary N) is 2. The molecule has 4 rings (SSSR count). The summed E-state index contributed by atoms with van der Waals surface area (Å²) in [5.41, 5.74) is 6.56. The average Bonchev–Trinajstić information content (AvgIpc) is 3.37. The number of allylic oxidation sites excluding steroid dienone is 4. The highest BCUT2D eigenvalue weighted by Crippen LogP contribution is 2.16. The van der Waals surface area contributed by atoms with E-state index >= 15 is 0 Å². The van der Waals surface area contributed by atoms with Gasteiger partial charge < -0.3 is 14.4 Å². The molecule has 0 fully saturated rings. The van der Waals surface area contributed by atoms with E-state index in [1.54, 1.807) is 0 Å². The first kappa shape index (κ1) is 23.3. The molecule has 0 bridgehead atoms. The van der Waals surface area contributed by atoms with Gasteiger partial charge in [0, 0.05) is 23.3 Å². The smallest absolute Gasteiger partial charge is 0.103 e. The number of rotatable bonds is 0. The van der Waals surface area contributed by atoms with Gasteiger partial charge in [-0.25, -0.2) is 4.98 Å². The van der Waals surface area contributed by atoms with E-state index in [1.807, 2.05) is 59.9 Å². The molecule has 2 N–H and O–H groups in total. The summed E-state index contributed by atoms with van der Waals surface area (Å²) in [6.07, 6.45) is 7.36. The van der Waals surface area contributed by atoms with Gasteiger partial charge in [-0.05, 0) is 86.1 Å². The summed E-state index contributed by atoms with van der Waals surface area (Å²) in [6.45, 7) is 16.2. The number of hydrogen-bond acceptors (Lipinski definition) is 2. The third-order valence-electron chi connectivity index (χ3n) is 3.89. The molecule has 4 nitrogen and oxygen atoms in total. The Kier molecular flexibility index (Phi) is 9.86. The van der Waals surface area contributed by atoms with E-state index in [0.717, 1.165) is 23.0 Å². The molecule has 0 saturated carbocycles. The van der Waals surface area contributed by atoms with E-state index in [2.05, 4.69) is 53.1 Å². The van der Waals surface area contributed by atoms with Crippen LogP contribution < -0.4 is 0 Å². The van der Waals surface area contributed by atoms with Crippen LogP contribution in [0.15, 0.2) is 58.2 Å². The van der Waals surface area contributed by atoms with Gasteiger partial charge in [0.25, 0.3) is 0 Å². The van der Waals surface area contributed by atoms with Crippen molar-refractivity contribution in [1.29, 1.82) is 0 Å². The van der Waals surface area contributed by atoms with Crippen molar-refractivity contribution >= 4 is 0 Å². The highest BCUT2D eigenvalue weighted by Gasteiger charge is 1.95. The highest BCUT2D eigenvalue weighted by atomic mass is 16.3. The van der Waals surface area contributed by atoms with Crippen LogP contribution in [0, 0.1) is 41.5 Å². The zero-order valence-corrected chi connectivity index (χ0v) is 18.6. The van der Waals surface area contributed by atoms with E-state index in [0.29, 0.717) is 0 Å². The lowest BCUT2D eigenvalue weighted by Gasteiger charge is -1.87. The van der Waals surface area contributed by atoms with Crippen LogP contribution in [0.2, 0.25) is 0 Å². The van der Waals surface area contributed by atoms with Gasteiger partial charge in [-0.2, -0.15) is 0 Å². The van der Waals surface area contributed by atoms with E-state index in [4.69, 9.17) is 4.42 Å². The van der Waals surface area contributed by atoms with Gasteiger partial charge in [0.05, 0.1) is 0 Å². The van der Waals surface area contributed by atoms with Gasteiger partial charge in [0.1, 0.15) is 17.3 Å². The maximum Gasteiger partial charge on any atom is 0.103 e. The van der Waals surface area contributed by atoms with Crippen molar-refractivity contribution in [3.05, 3.63) is 88.2 Å². The number of aryl methyl sites for hydroxylation is 6. The fourth-order valence-corrected chi connectivity index (χ4v) is 2.59. The van der Waals surface area contributed by atoms with Gasteiger partial charge in [-0.15, -0.1) is 0 Å². The van der Waals surface area contributed by atoms with Crippen molar-refractivity contribution < 1.29 is 4.42 Å². The second-order valence-corrected chi connectivity index (χ2v) is 7.34. The number of imidazole rings is 1. The Hall–Kier alpha value is -2.75. The lowest BCUT2D eigenvalue weighted by Crippen LogP contribution is -1.70. The molecule has 3 aromatic rings. The number of aromatic nitrogens is 3. The minimum absolute atomic E-state index is 0.984. The third kappa shape index (κ3) is 10.4. The van der Waals surface area contributed by atoms with Gasteiger partial charge in [-0.1, -0.05) is 23.3 Å². The first-order valence-corrected chi connectivity index (χ1v) is 9.62. The summed E-state index contributed by atoms with van der Waals surface area (Å²) in [6, 6.07) is 8.04. The lowest BCUT2D eigenvalue weighted by molar-refractivity contribution is 0.504. The zero-order chi connectivity index (χ0) is 21.1. The molecule has 1 aliphatic rings. The Morgan fingerprint density at radius 2 is 1.18 bits per heavy atom. The molecular weight excluding hydrogens is 346 g/mol. The van der Waals surface area contributed by atoms with Crippen molar-refractivity contribution in [3.8, 4) is 0 Å². The maximum atomic E-state index is 5.08. The Morgan fingerprint density at radius 1 is 0.679 bits per heavy atom. The maximum absolute atomic E-state index is 5.08. The third-order valence-corrected chi connectivity index (χ3v) is 3.89. The zero-order valence-electron chi connectivity index (χ0n) is 18.6. The van der Waals surface area contributed by atoms with Crippen molar-refractivity contribution in [2.75, 3.05) is 0 Å². The molecule has 0 aromatic carbocycles. The van der Waals surface area contributed by atoms with Crippen molar-refractivity contribution in [2.45, 2.75) is 61.8 Å². The van der Waals surface area contributed by atoms with E-state index < -0.39 is 0 Å². The molecule has 0 aliphatic heterocycles. The van der Waals surface area contributed by atoms with Gasteiger partial charge in [-0.3, -0.25) is 0 Å². The summed E-state index contributed by atoms with van der Waals surface area (Å²) < 4.78 is 5.08. The number of nitrogens with zero attached hydrogens (tertiary/aromatic N) is 1. The molecular formula is C24H35N3O. The molecule has 0 atom stereocenters. The Balaban J connectivity index is 0.000000187. The van der Waals surface area contributed by atoms with E-state index in [9.17, 15) is 0 Å². The van der Waals surface area contributed by atoms with E-state index in [-0.39, 0.29) is 0 Å². The monoisotopic (exact) mass is 381 g/mol. The Morgan fingerprint density at radius 3 is 1.32 bits per heavy atom. The van der Waals surface area contributed by atoms with Crippen molar-refractivity contribution in [3.63, 3.8) is 0 Å². The molecule has 0 saturated heterocycles. The average molecular weight is 382 g/mol. The molecule has 1 aliphatic carbocycles. The minimum atomic E-state index is 0.984. The van der Waals surface area contributed by atoms with Crippen LogP contribution in [-0.2, 0) is 0 Å². The number of H-pyrrole nitrogens is 2. The predicted octanol–water partition coefficient (Wildman–Crippen LogP) is 6.84. The first-order valence-electron chi connectivity index (χ1n) is 9.62. The molecule has 0 amide bonds. The van der Waals surface area contributed by atoms with Gasteiger partial charge in [0.2, 0.25) is 0 Å². The van der Waals surface area contributed by atoms with Crippen LogP contribution in [0.4, 0.5) is 0 Å². The van der Waals surface area contributed by atoms with Crippen LogP contribution >= 0.6 is 0 Å².